The van der Waals surface area contributed by atoms with Crippen LogP contribution in [0.2, 0.25) is 0 Å². The van der Waals surface area contributed by atoms with E-state index in [2.05, 4.69) is 15.0 Å². The van der Waals surface area contributed by atoms with E-state index < -0.39 is 0 Å². The summed E-state index contributed by atoms with van der Waals surface area (Å²) in [5.41, 5.74) is 4.05. The maximum absolute atomic E-state index is 12.5. The Labute approximate surface area is 149 Å². The quantitative estimate of drug-likeness (QED) is 0.595. The minimum absolute atomic E-state index is 0.0383. The van der Waals surface area contributed by atoms with Gasteiger partial charge in [-0.3, -0.25) is 9.55 Å². The summed E-state index contributed by atoms with van der Waals surface area (Å²) in [7, 11) is 0. The molecule has 0 spiro atoms. The molecule has 4 rings (SSSR count). The lowest BCUT2D eigenvalue weighted by Crippen LogP contribution is -2.21. The normalized spacial score (nSPS) is 12.4. The summed E-state index contributed by atoms with van der Waals surface area (Å²) in [5, 5.41) is 9.34. The molecule has 2 aromatic carbocycles. The highest BCUT2D eigenvalue weighted by molar-refractivity contribution is 5.71. The van der Waals surface area contributed by atoms with Crippen molar-refractivity contribution in [2.24, 2.45) is 0 Å². The highest BCUT2D eigenvalue weighted by Gasteiger charge is 2.17. The first-order chi connectivity index (χ1) is 12.7. The Hall–Kier alpha value is -3.25. The van der Waals surface area contributed by atoms with E-state index in [1.165, 1.54) is 0 Å². The van der Waals surface area contributed by atoms with Crippen molar-refractivity contribution in [3.8, 4) is 11.3 Å². The van der Waals surface area contributed by atoms with Crippen LogP contribution in [0.3, 0.4) is 0 Å². The smallest absolute Gasteiger partial charge is 0.329 e. The van der Waals surface area contributed by atoms with E-state index >= 15 is 0 Å². The second-order valence-electron chi connectivity index (χ2n) is 6.17. The zero-order valence-corrected chi connectivity index (χ0v) is 14.3. The Kier molecular flexibility index (Phi) is 4.10. The van der Waals surface area contributed by atoms with Gasteiger partial charge in [-0.1, -0.05) is 48.5 Å². The number of aromatic amines is 1. The van der Waals surface area contributed by atoms with Gasteiger partial charge in [0.25, 0.3) is 0 Å². The van der Waals surface area contributed by atoms with Crippen LogP contribution in [0.15, 0.2) is 65.6 Å². The number of fused-ring (bicyclic) bond motifs is 1. The van der Waals surface area contributed by atoms with Gasteiger partial charge in [0.15, 0.2) is 11.3 Å². The van der Waals surface area contributed by atoms with Crippen LogP contribution in [0.1, 0.15) is 24.1 Å². The molecule has 0 saturated heterocycles. The molecular formula is C20H18N4O2. The van der Waals surface area contributed by atoms with Gasteiger partial charge in [-0.2, -0.15) is 0 Å². The fourth-order valence-electron chi connectivity index (χ4n) is 3.10. The van der Waals surface area contributed by atoms with Gasteiger partial charge in [0.05, 0.1) is 24.5 Å². The topological polar surface area (TPSA) is 83.8 Å². The highest BCUT2D eigenvalue weighted by Crippen LogP contribution is 2.23. The van der Waals surface area contributed by atoms with Crippen molar-refractivity contribution in [3.05, 3.63) is 82.4 Å². The van der Waals surface area contributed by atoms with Crippen LogP contribution in [-0.4, -0.2) is 24.6 Å². The Bertz CT molecular complexity index is 1120. The number of nitrogens with one attached hydrogen (secondary N) is 1. The lowest BCUT2D eigenvalue weighted by molar-refractivity contribution is 0.282. The van der Waals surface area contributed by atoms with Gasteiger partial charge in [0.1, 0.15) is 0 Å². The highest BCUT2D eigenvalue weighted by atomic mass is 16.3. The molecule has 2 aromatic heterocycles. The molecule has 0 aliphatic carbocycles. The van der Waals surface area contributed by atoms with E-state index in [4.69, 9.17) is 0 Å². The molecule has 0 aliphatic rings. The summed E-state index contributed by atoms with van der Waals surface area (Å²) < 4.78 is 1.62. The van der Waals surface area contributed by atoms with Crippen LogP contribution < -0.4 is 5.69 Å². The zero-order chi connectivity index (χ0) is 18.1. The molecule has 0 aliphatic heterocycles. The Morgan fingerprint density at radius 1 is 1.15 bits per heavy atom. The summed E-state index contributed by atoms with van der Waals surface area (Å²) >= 11 is 0. The predicted octanol–water partition coefficient (Wildman–Crippen LogP) is 2.89. The summed E-state index contributed by atoms with van der Waals surface area (Å²) in [4.78, 5) is 24.3. The average molecular weight is 346 g/mol. The standard InChI is InChI=1S/C20H18N4O2/c1-13(15-7-3-2-4-8-15)24-19-18(23-20(24)26)21-11-17(22-19)16-9-5-6-14(10-16)12-25/h2-11,13,25H,12H2,1H3,(H,21,23,26)/t13-/m0/s1. The van der Waals surface area contributed by atoms with Gasteiger partial charge in [-0.05, 0) is 24.1 Å². The van der Waals surface area contributed by atoms with E-state index in [1.807, 2.05) is 61.5 Å². The maximum atomic E-state index is 12.5. The molecule has 2 N–H and O–H groups in total. The number of nitrogens with zero attached hydrogens (tertiary/aromatic N) is 3. The molecule has 0 fully saturated rings. The van der Waals surface area contributed by atoms with Crippen LogP contribution in [0.4, 0.5) is 0 Å². The van der Waals surface area contributed by atoms with Gasteiger partial charge in [0.2, 0.25) is 0 Å². The first kappa shape index (κ1) is 16.2. The summed E-state index contributed by atoms with van der Waals surface area (Å²) in [5.74, 6) is 0. The number of aromatic nitrogens is 4. The zero-order valence-electron chi connectivity index (χ0n) is 14.3. The monoisotopic (exact) mass is 346 g/mol. The Balaban J connectivity index is 1.86. The van der Waals surface area contributed by atoms with Gasteiger partial charge in [-0.15, -0.1) is 0 Å². The number of aliphatic hydroxyl groups excluding tert-OH is 1. The van der Waals surface area contributed by atoms with Crippen LogP contribution in [-0.2, 0) is 6.61 Å². The van der Waals surface area contributed by atoms with Crippen LogP contribution >= 0.6 is 0 Å². The maximum Gasteiger partial charge on any atom is 0.329 e. The number of hydrogen-bond donors (Lipinski definition) is 2. The van der Waals surface area contributed by atoms with Crippen LogP contribution in [0.25, 0.3) is 22.6 Å². The number of benzene rings is 2. The third-order valence-electron chi connectivity index (χ3n) is 4.50. The SMILES string of the molecule is C[C@@H](c1ccccc1)n1c(=O)[nH]c2ncc(-c3cccc(CO)c3)nc21. The van der Waals surface area contributed by atoms with Crippen molar-refractivity contribution in [2.45, 2.75) is 19.6 Å². The average Bonchev–Trinajstić information content (AvgIpc) is 3.03. The molecule has 0 saturated carbocycles. The molecule has 130 valence electrons. The van der Waals surface area contributed by atoms with Gasteiger partial charge < -0.3 is 5.11 Å². The van der Waals surface area contributed by atoms with E-state index in [0.717, 1.165) is 16.7 Å². The molecule has 1 atom stereocenters. The van der Waals surface area contributed by atoms with Crippen molar-refractivity contribution in [1.82, 2.24) is 19.5 Å². The minimum atomic E-state index is -0.238. The molecule has 0 unspecified atom stereocenters. The van der Waals surface area contributed by atoms with Crippen molar-refractivity contribution in [2.75, 3.05) is 0 Å². The van der Waals surface area contributed by atoms with Crippen LogP contribution in [0.5, 0.6) is 0 Å². The summed E-state index contributed by atoms with van der Waals surface area (Å²) in [6.07, 6.45) is 1.63. The Morgan fingerprint density at radius 2 is 1.96 bits per heavy atom. The lowest BCUT2D eigenvalue weighted by Gasteiger charge is -2.13. The van der Waals surface area contributed by atoms with Crippen molar-refractivity contribution < 1.29 is 5.11 Å². The first-order valence-corrected chi connectivity index (χ1v) is 8.40. The second kappa shape index (κ2) is 6.57. The van der Waals surface area contributed by atoms with E-state index in [-0.39, 0.29) is 18.3 Å². The van der Waals surface area contributed by atoms with Crippen molar-refractivity contribution in [1.29, 1.82) is 0 Å². The summed E-state index contributed by atoms with van der Waals surface area (Å²) in [6.45, 7) is 1.92. The third kappa shape index (κ3) is 2.80. The molecule has 2 heterocycles. The van der Waals surface area contributed by atoms with E-state index in [1.54, 1.807) is 10.8 Å². The molecule has 0 amide bonds. The largest absolute Gasteiger partial charge is 0.392 e. The fraction of sp³-hybridized carbons (Fsp3) is 0.150. The molecule has 6 nitrogen and oxygen atoms in total. The lowest BCUT2D eigenvalue weighted by atomic mass is 10.1. The number of H-pyrrole nitrogens is 1. The minimum Gasteiger partial charge on any atom is -0.392 e. The number of aliphatic hydroxyl groups is 1. The van der Waals surface area contributed by atoms with Crippen molar-refractivity contribution >= 4 is 11.3 Å². The molecule has 26 heavy (non-hydrogen) atoms. The van der Waals surface area contributed by atoms with Gasteiger partial charge >= 0.3 is 5.69 Å². The van der Waals surface area contributed by atoms with Gasteiger partial charge in [-0.25, -0.2) is 14.8 Å². The molecule has 0 bridgehead atoms. The summed E-state index contributed by atoms with van der Waals surface area (Å²) in [6, 6.07) is 17.1. The number of hydrogen-bond acceptors (Lipinski definition) is 4. The van der Waals surface area contributed by atoms with E-state index in [9.17, 15) is 9.90 Å². The molecular weight excluding hydrogens is 328 g/mol. The van der Waals surface area contributed by atoms with E-state index in [0.29, 0.717) is 17.0 Å². The predicted molar refractivity (Wildman–Crippen MR) is 99.8 cm³/mol. The second-order valence-corrected chi connectivity index (χ2v) is 6.17. The van der Waals surface area contributed by atoms with Crippen molar-refractivity contribution in [3.63, 3.8) is 0 Å². The number of imidazole rings is 1. The molecule has 4 aromatic rings. The van der Waals surface area contributed by atoms with Crippen LogP contribution in [0, 0.1) is 0 Å². The fourth-order valence-corrected chi connectivity index (χ4v) is 3.10. The Morgan fingerprint density at radius 3 is 2.73 bits per heavy atom. The molecule has 0 radical (unpaired) electrons. The first-order valence-electron chi connectivity index (χ1n) is 8.40. The third-order valence-corrected chi connectivity index (χ3v) is 4.50. The van der Waals surface area contributed by atoms with Gasteiger partial charge in [0, 0.05) is 5.56 Å². The number of rotatable bonds is 4. The molecule has 6 heteroatoms.